The van der Waals surface area contributed by atoms with Gasteiger partial charge in [-0.2, -0.15) is 0 Å². The molecule has 10 nitrogen and oxygen atoms in total. The second-order valence-corrected chi connectivity index (χ2v) is 7.14. The van der Waals surface area contributed by atoms with E-state index in [0.717, 1.165) is 0 Å². The van der Waals surface area contributed by atoms with Crippen LogP contribution in [-0.2, 0) is 19.1 Å². The Balaban J connectivity index is 2.00. The normalized spacial score (nSPS) is 16.8. The molecule has 10 heteroatoms. The van der Waals surface area contributed by atoms with Crippen molar-refractivity contribution in [2.45, 2.75) is 39.3 Å². The number of amides is 4. The van der Waals surface area contributed by atoms with Gasteiger partial charge in [-0.25, -0.2) is 4.79 Å². The predicted molar refractivity (Wildman–Crippen MR) is 107 cm³/mol. The largest absolute Gasteiger partial charge is 0.497 e. The van der Waals surface area contributed by atoms with Gasteiger partial charge in [-0.15, -0.1) is 0 Å². The number of nitrogens with zero attached hydrogens (tertiary/aromatic N) is 1. The lowest BCUT2D eigenvalue weighted by atomic mass is 10.1. The number of hydrogen-bond acceptors (Lipinski definition) is 7. The van der Waals surface area contributed by atoms with E-state index in [-0.39, 0.29) is 24.9 Å². The highest BCUT2D eigenvalue weighted by molar-refractivity contribution is 6.01. The van der Waals surface area contributed by atoms with Gasteiger partial charge in [0.15, 0.2) is 6.10 Å². The third kappa shape index (κ3) is 5.62. The Morgan fingerprint density at radius 2 is 1.83 bits per heavy atom. The number of nitrogens with one attached hydrogen (secondary N) is 2. The number of imide groups is 1. The van der Waals surface area contributed by atoms with Crippen molar-refractivity contribution in [3.05, 3.63) is 18.2 Å². The molecule has 2 N–H and O–H groups in total. The summed E-state index contributed by atoms with van der Waals surface area (Å²) < 4.78 is 15.6. The van der Waals surface area contributed by atoms with Crippen LogP contribution in [0.1, 0.15) is 27.2 Å². The Kier molecular flexibility index (Phi) is 7.62. The van der Waals surface area contributed by atoms with Crippen molar-refractivity contribution in [1.82, 2.24) is 10.6 Å². The van der Waals surface area contributed by atoms with E-state index in [9.17, 15) is 19.2 Å². The lowest BCUT2D eigenvalue weighted by Gasteiger charge is -2.20. The third-order valence-corrected chi connectivity index (χ3v) is 4.45. The van der Waals surface area contributed by atoms with Gasteiger partial charge in [-0.1, -0.05) is 0 Å². The second kappa shape index (κ2) is 9.95. The summed E-state index contributed by atoms with van der Waals surface area (Å²) in [6.07, 6.45) is -1.24. The van der Waals surface area contributed by atoms with Crippen LogP contribution in [0.15, 0.2) is 18.2 Å². The number of urea groups is 1. The average Bonchev–Trinajstić information content (AvgIpc) is 3.08. The van der Waals surface area contributed by atoms with Crippen molar-refractivity contribution in [2.75, 3.05) is 25.7 Å². The Morgan fingerprint density at radius 1 is 1.13 bits per heavy atom. The molecule has 2 rings (SSSR count). The lowest BCUT2D eigenvalue weighted by Crippen LogP contribution is -2.47. The third-order valence-electron chi connectivity index (χ3n) is 4.45. The Morgan fingerprint density at radius 3 is 2.43 bits per heavy atom. The summed E-state index contributed by atoms with van der Waals surface area (Å²) in [6.45, 7) is 4.93. The molecule has 1 fully saturated rings. The number of carbonyl (C=O) groups is 4. The molecule has 164 valence electrons. The molecule has 1 aliphatic heterocycles. The molecule has 2 atom stereocenters. The van der Waals surface area contributed by atoms with E-state index in [1.807, 2.05) is 0 Å². The molecule has 1 aromatic carbocycles. The van der Waals surface area contributed by atoms with Crippen molar-refractivity contribution in [1.29, 1.82) is 0 Å². The van der Waals surface area contributed by atoms with Crippen molar-refractivity contribution in [3.8, 4) is 11.5 Å². The first-order chi connectivity index (χ1) is 14.2. The first-order valence-corrected chi connectivity index (χ1v) is 9.50. The zero-order chi connectivity index (χ0) is 22.4. The molecule has 0 unspecified atom stereocenters. The molecule has 1 aromatic rings. The molecule has 0 bridgehead atoms. The van der Waals surface area contributed by atoms with E-state index in [4.69, 9.17) is 14.2 Å². The van der Waals surface area contributed by atoms with Crippen LogP contribution in [0, 0.1) is 5.92 Å². The quantitative estimate of drug-likeness (QED) is 0.635. The number of ether oxygens (including phenoxy) is 3. The highest BCUT2D eigenvalue weighted by Crippen LogP contribution is 2.36. The first kappa shape index (κ1) is 23.0. The molecular weight excluding hydrogens is 394 g/mol. The fourth-order valence-corrected chi connectivity index (χ4v) is 2.94. The number of rotatable bonds is 7. The summed E-state index contributed by atoms with van der Waals surface area (Å²) in [5, 5.41) is 4.61. The summed E-state index contributed by atoms with van der Waals surface area (Å²) in [4.78, 5) is 50.0. The Labute approximate surface area is 174 Å². The van der Waals surface area contributed by atoms with Crippen molar-refractivity contribution in [2.24, 2.45) is 5.92 Å². The van der Waals surface area contributed by atoms with E-state index in [2.05, 4.69) is 10.6 Å². The molecular formula is C20H27N3O7. The van der Waals surface area contributed by atoms with Gasteiger partial charge >= 0.3 is 12.0 Å². The molecule has 1 saturated heterocycles. The summed E-state index contributed by atoms with van der Waals surface area (Å²) in [6, 6.07) is 4.17. The maximum absolute atomic E-state index is 12.5. The van der Waals surface area contributed by atoms with Crippen LogP contribution in [0.2, 0.25) is 0 Å². The Bertz CT molecular complexity index is 825. The molecule has 30 heavy (non-hydrogen) atoms. The van der Waals surface area contributed by atoms with Crippen LogP contribution in [0.25, 0.3) is 0 Å². The zero-order valence-electron chi connectivity index (χ0n) is 17.7. The minimum Gasteiger partial charge on any atom is -0.497 e. The van der Waals surface area contributed by atoms with Crippen LogP contribution in [-0.4, -0.2) is 56.7 Å². The van der Waals surface area contributed by atoms with E-state index >= 15 is 0 Å². The van der Waals surface area contributed by atoms with Gasteiger partial charge in [0.25, 0.3) is 5.91 Å². The predicted octanol–water partition coefficient (Wildman–Crippen LogP) is 1.22. The number of benzene rings is 1. The smallest absolute Gasteiger partial charge is 0.321 e. The molecule has 0 aliphatic carbocycles. The number of methoxy groups -OCH3 is 2. The van der Waals surface area contributed by atoms with Crippen molar-refractivity contribution < 1.29 is 33.4 Å². The van der Waals surface area contributed by atoms with E-state index in [0.29, 0.717) is 17.2 Å². The number of carbonyl (C=O) groups excluding carboxylic acids is 4. The molecule has 0 saturated carbocycles. The zero-order valence-corrected chi connectivity index (χ0v) is 17.7. The number of anilines is 1. The fourth-order valence-electron chi connectivity index (χ4n) is 2.94. The van der Waals surface area contributed by atoms with Crippen LogP contribution in [0.4, 0.5) is 10.5 Å². The fraction of sp³-hybridized carbons (Fsp3) is 0.500. The molecule has 4 amide bonds. The van der Waals surface area contributed by atoms with Gasteiger partial charge in [-0.3, -0.25) is 19.7 Å². The van der Waals surface area contributed by atoms with Gasteiger partial charge < -0.3 is 24.4 Å². The van der Waals surface area contributed by atoms with Crippen LogP contribution in [0.3, 0.4) is 0 Å². The summed E-state index contributed by atoms with van der Waals surface area (Å²) >= 11 is 0. The van der Waals surface area contributed by atoms with Crippen LogP contribution in [0.5, 0.6) is 11.5 Å². The summed E-state index contributed by atoms with van der Waals surface area (Å²) in [5.74, 6) is -1.46. The average molecular weight is 421 g/mol. The number of esters is 1. The highest BCUT2D eigenvalue weighted by Gasteiger charge is 2.38. The second-order valence-electron chi connectivity index (χ2n) is 7.14. The molecule has 1 heterocycles. The lowest BCUT2D eigenvalue weighted by molar-refractivity contribution is -0.158. The van der Waals surface area contributed by atoms with Gasteiger partial charge in [0.2, 0.25) is 5.91 Å². The first-order valence-electron chi connectivity index (χ1n) is 9.50. The minimum atomic E-state index is -1.19. The van der Waals surface area contributed by atoms with E-state index < -0.39 is 29.9 Å². The minimum absolute atomic E-state index is 0.0593. The molecule has 0 aromatic heterocycles. The monoisotopic (exact) mass is 421 g/mol. The molecule has 0 spiro atoms. The van der Waals surface area contributed by atoms with Crippen molar-refractivity contribution in [3.63, 3.8) is 0 Å². The number of hydrogen-bond donors (Lipinski definition) is 2. The van der Waals surface area contributed by atoms with E-state index in [1.165, 1.54) is 26.0 Å². The summed E-state index contributed by atoms with van der Waals surface area (Å²) in [7, 11) is 2.99. The maximum Gasteiger partial charge on any atom is 0.321 e. The highest BCUT2D eigenvalue weighted by atomic mass is 16.5. The van der Waals surface area contributed by atoms with Gasteiger partial charge in [0, 0.05) is 25.1 Å². The molecule has 1 aliphatic rings. The van der Waals surface area contributed by atoms with Crippen LogP contribution < -0.4 is 25.0 Å². The van der Waals surface area contributed by atoms with Gasteiger partial charge in [0.1, 0.15) is 11.5 Å². The van der Waals surface area contributed by atoms with Gasteiger partial charge in [0.05, 0.1) is 25.8 Å². The SMILES string of the molecule is COc1ccc(N2C[C@H](C(=O)O[C@@H](C)C(=O)NC(=O)NC(C)C)CC2=O)c(OC)c1. The van der Waals surface area contributed by atoms with Crippen molar-refractivity contribution >= 4 is 29.5 Å². The van der Waals surface area contributed by atoms with Crippen LogP contribution >= 0.6 is 0 Å². The topological polar surface area (TPSA) is 123 Å². The molecule has 0 radical (unpaired) electrons. The summed E-state index contributed by atoms with van der Waals surface area (Å²) in [5.41, 5.74) is 0.509. The maximum atomic E-state index is 12.5. The van der Waals surface area contributed by atoms with Gasteiger partial charge in [-0.05, 0) is 32.9 Å². The van der Waals surface area contributed by atoms with E-state index in [1.54, 1.807) is 32.0 Å². The Hall–Kier alpha value is -3.30. The standard InChI is InChI=1S/C20H27N3O7/c1-11(2)21-20(27)22-18(25)12(3)30-19(26)13-8-17(24)23(10-13)15-7-6-14(28-4)9-16(15)29-5/h6-7,9,11-13H,8,10H2,1-5H3,(H2,21,22,25,27)/t12-,13+/m0/s1.